The SMILES string of the molecule is CC1Sc2ccc(C(=O)CC(=O)O)cc2NC1=O. The zero-order valence-electron chi connectivity index (χ0n) is 9.60. The van der Waals surface area contributed by atoms with Crippen LogP contribution < -0.4 is 5.32 Å². The summed E-state index contributed by atoms with van der Waals surface area (Å²) in [5.74, 6) is -1.75. The number of carbonyl (C=O) groups is 3. The Morgan fingerprint density at radius 3 is 2.83 bits per heavy atom. The minimum Gasteiger partial charge on any atom is -0.481 e. The quantitative estimate of drug-likeness (QED) is 0.643. The monoisotopic (exact) mass is 265 g/mol. The third-order valence-electron chi connectivity index (χ3n) is 2.54. The number of amides is 1. The minimum absolute atomic E-state index is 0.115. The van der Waals surface area contributed by atoms with Gasteiger partial charge in [-0.05, 0) is 19.1 Å². The number of carbonyl (C=O) groups excluding carboxylic acids is 2. The highest BCUT2D eigenvalue weighted by molar-refractivity contribution is 8.00. The third kappa shape index (κ3) is 2.53. The molecule has 0 bridgehead atoms. The molecular weight excluding hydrogens is 254 g/mol. The molecule has 1 aliphatic rings. The van der Waals surface area contributed by atoms with E-state index in [0.717, 1.165) is 4.90 Å². The van der Waals surface area contributed by atoms with Crippen molar-refractivity contribution in [2.75, 3.05) is 5.32 Å². The topological polar surface area (TPSA) is 83.5 Å². The Bertz CT molecular complexity index is 541. The van der Waals surface area contributed by atoms with Crippen LogP contribution in [-0.2, 0) is 9.59 Å². The second kappa shape index (κ2) is 4.81. The van der Waals surface area contributed by atoms with E-state index in [1.165, 1.54) is 17.8 Å². The highest BCUT2D eigenvalue weighted by atomic mass is 32.2. The van der Waals surface area contributed by atoms with E-state index in [9.17, 15) is 14.4 Å². The minimum atomic E-state index is -1.16. The fourth-order valence-corrected chi connectivity index (χ4v) is 2.55. The van der Waals surface area contributed by atoms with Gasteiger partial charge in [0.05, 0.1) is 10.9 Å². The second-order valence-corrected chi connectivity index (χ2v) is 5.34. The highest BCUT2D eigenvalue weighted by Crippen LogP contribution is 2.36. The number of Topliss-reactive ketones (excluding diaryl/α,β-unsaturated/α-hetero) is 1. The zero-order chi connectivity index (χ0) is 13.3. The summed E-state index contributed by atoms with van der Waals surface area (Å²) in [5, 5.41) is 11.1. The molecule has 1 amide bonds. The summed E-state index contributed by atoms with van der Waals surface area (Å²) in [6.07, 6.45) is -0.545. The van der Waals surface area contributed by atoms with Crippen molar-refractivity contribution in [1.82, 2.24) is 0 Å². The van der Waals surface area contributed by atoms with Crippen molar-refractivity contribution in [2.45, 2.75) is 23.5 Å². The van der Waals surface area contributed by atoms with Crippen LogP contribution in [0.25, 0.3) is 0 Å². The first-order valence-corrected chi connectivity index (χ1v) is 6.22. The second-order valence-electron chi connectivity index (χ2n) is 3.95. The molecular formula is C12H11NO4S. The third-order valence-corrected chi connectivity index (χ3v) is 3.72. The average Bonchev–Trinajstić information content (AvgIpc) is 2.29. The number of aliphatic carboxylic acids is 1. The normalized spacial score (nSPS) is 17.8. The highest BCUT2D eigenvalue weighted by Gasteiger charge is 2.23. The number of thioether (sulfide) groups is 1. The standard InChI is InChI=1S/C12H11NO4S/c1-6-12(17)13-8-4-7(2-3-10(8)18-6)9(14)5-11(15)16/h2-4,6H,5H2,1H3,(H,13,17)(H,15,16). The Kier molecular flexibility index (Phi) is 3.38. The zero-order valence-corrected chi connectivity index (χ0v) is 10.4. The lowest BCUT2D eigenvalue weighted by atomic mass is 10.1. The largest absolute Gasteiger partial charge is 0.481 e. The molecule has 1 heterocycles. The molecule has 0 fully saturated rings. The Morgan fingerprint density at radius 2 is 2.17 bits per heavy atom. The Labute approximate surface area is 108 Å². The molecule has 0 aliphatic carbocycles. The van der Waals surface area contributed by atoms with Gasteiger partial charge in [-0.2, -0.15) is 0 Å². The van der Waals surface area contributed by atoms with Crippen molar-refractivity contribution in [3.8, 4) is 0 Å². The van der Waals surface area contributed by atoms with Crippen molar-refractivity contribution < 1.29 is 19.5 Å². The van der Waals surface area contributed by atoms with E-state index < -0.39 is 18.2 Å². The van der Waals surface area contributed by atoms with Gasteiger partial charge in [-0.15, -0.1) is 11.8 Å². The maximum atomic E-state index is 11.6. The van der Waals surface area contributed by atoms with Crippen LogP contribution in [0.5, 0.6) is 0 Å². The van der Waals surface area contributed by atoms with E-state index in [2.05, 4.69) is 5.32 Å². The van der Waals surface area contributed by atoms with Crippen molar-refractivity contribution in [2.24, 2.45) is 0 Å². The van der Waals surface area contributed by atoms with E-state index >= 15 is 0 Å². The number of anilines is 1. The van der Waals surface area contributed by atoms with Crippen LogP contribution in [0.1, 0.15) is 23.7 Å². The van der Waals surface area contributed by atoms with Gasteiger partial charge in [-0.1, -0.05) is 6.07 Å². The first kappa shape index (κ1) is 12.6. The Morgan fingerprint density at radius 1 is 1.44 bits per heavy atom. The molecule has 94 valence electrons. The summed E-state index contributed by atoms with van der Waals surface area (Å²) in [5.41, 5.74) is 0.867. The van der Waals surface area contributed by atoms with E-state index in [1.807, 2.05) is 0 Å². The summed E-state index contributed by atoms with van der Waals surface area (Å²) in [4.78, 5) is 34.4. The predicted molar refractivity (Wildman–Crippen MR) is 67.0 cm³/mol. The van der Waals surface area contributed by atoms with E-state index in [4.69, 9.17) is 5.11 Å². The molecule has 1 aromatic carbocycles. The average molecular weight is 265 g/mol. The van der Waals surface area contributed by atoms with Crippen molar-refractivity contribution in [3.05, 3.63) is 23.8 Å². The lowest BCUT2D eigenvalue weighted by Gasteiger charge is -2.21. The van der Waals surface area contributed by atoms with Crippen molar-refractivity contribution in [3.63, 3.8) is 0 Å². The molecule has 2 rings (SSSR count). The van der Waals surface area contributed by atoms with Crippen molar-refractivity contribution >= 4 is 35.1 Å². The molecule has 1 aromatic rings. The molecule has 0 saturated carbocycles. The maximum absolute atomic E-state index is 11.6. The molecule has 1 unspecified atom stereocenters. The van der Waals surface area contributed by atoms with Crippen molar-refractivity contribution in [1.29, 1.82) is 0 Å². The number of rotatable bonds is 3. The molecule has 0 saturated heterocycles. The number of carboxylic acid groups (broad SMARTS) is 1. The first-order valence-electron chi connectivity index (χ1n) is 5.34. The number of fused-ring (bicyclic) bond motifs is 1. The number of ketones is 1. The summed E-state index contributed by atoms with van der Waals surface area (Å²) in [7, 11) is 0. The summed E-state index contributed by atoms with van der Waals surface area (Å²) >= 11 is 1.41. The first-order chi connectivity index (χ1) is 8.47. The van der Waals surface area contributed by atoms with Gasteiger partial charge >= 0.3 is 5.97 Å². The summed E-state index contributed by atoms with van der Waals surface area (Å²) in [6.45, 7) is 1.80. The van der Waals surface area contributed by atoms with Crippen LogP contribution in [0.2, 0.25) is 0 Å². The van der Waals surface area contributed by atoms with Crippen LogP contribution in [-0.4, -0.2) is 28.0 Å². The lowest BCUT2D eigenvalue weighted by Crippen LogP contribution is -2.26. The molecule has 5 nitrogen and oxygen atoms in total. The molecule has 0 radical (unpaired) electrons. The van der Waals surface area contributed by atoms with Gasteiger partial charge in [0, 0.05) is 10.5 Å². The Hall–Kier alpha value is -1.82. The molecule has 6 heteroatoms. The van der Waals surface area contributed by atoms with E-state index in [-0.39, 0.29) is 11.2 Å². The van der Waals surface area contributed by atoms with Gasteiger partial charge in [0.2, 0.25) is 5.91 Å². The summed E-state index contributed by atoms with van der Waals surface area (Å²) < 4.78 is 0. The molecule has 1 atom stereocenters. The fraction of sp³-hybridized carbons (Fsp3) is 0.250. The molecule has 0 spiro atoms. The van der Waals surface area contributed by atoms with E-state index in [1.54, 1.807) is 19.1 Å². The maximum Gasteiger partial charge on any atom is 0.311 e. The van der Waals surface area contributed by atoms with Gasteiger partial charge in [0.15, 0.2) is 5.78 Å². The van der Waals surface area contributed by atoms with Crippen LogP contribution in [0.15, 0.2) is 23.1 Å². The van der Waals surface area contributed by atoms with Gasteiger partial charge in [0.1, 0.15) is 6.42 Å². The van der Waals surface area contributed by atoms with Gasteiger partial charge in [-0.3, -0.25) is 14.4 Å². The number of hydrogen-bond donors (Lipinski definition) is 2. The molecule has 2 N–H and O–H groups in total. The smallest absolute Gasteiger partial charge is 0.311 e. The molecule has 1 aliphatic heterocycles. The number of carboxylic acids is 1. The Balaban J connectivity index is 2.27. The predicted octanol–water partition coefficient (Wildman–Crippen LogP) is 1.78. The van der Waals surface area contributed by atoms with E-state index in [0.29, 0.717) is 11.3 Å². The lowest BCUT2D eigenvalue weighted by molar-refractivity contribution is -0.135. The van der Waals surface area contributed by atoms with Gasteiger partial charge in [-0.25, -0.2) is 0 Å². The number of benzene rings is 1. The van der Waals surface area contributed by atoms with Crippen LogP contribution in [0, 0.1) is 0 Å². The number of hydrogen-bond acceptors (Lipinski definition) is 4. The fourth-order valence-electron chi connectivity index (χ4n) is 1.62. The van der Waals surface area contributed by atoms with Gasteiger partial charge < -0.3 is 10.4 Å². The van der Waals surface area contributed by atoms with Crippen LogP contribution in [0.3, 0.4) is 0 Å². The van der Waals surface area contributed by atoms with Gasteiger partial charge in [0.25, 0.3) is 0 Å². The molecule has 0 aromatic heterocycles. The summed E-state index contributed by atoms with van der Waals surface area (Å²) in [6, 6.07) is 4.84. The van der Waals surface area contributed by atoms with Crippen LogP contribution >= 0.6 is 11.8 Å². The molecule has 18 heavy (non-hydrogen) atoms. The number of nitrogens with one attached hydrogen (secondary N) is 1. The van der Waals surface area contributed by atoms with Crippen LogP contribution in [0.4, 0.5) is 5.69 Å².